The van der Waals surface area contributed by atoms with Gasteiger partial charge in [0.15, 0.2) is 42.0 Å². The number of hydrogen-bond donors (Lipinski definition) is 1. The van der Waals surface area contributed by atoms with Crippen LogP contribution in [0.25, 0.3) is 0 Å². The molecule has 1 unspecified atom stereocenters. The van der Waals surface area contributed by atoms with E-state index in [1.54, 1.807) is 6.07 Å². The molecule has 0 saturated heterocycles. The molecule has 6 heteroatoms. The summed E-state index contributed by atoms with van der Waals surface area (Å²) >= 11 is 6.08. The van der Waals surface area contributed by atoms with E-state index in [0.717, 1.165) is 16.7 Å². The number of fused-ring (bicyclic) bond motifs is 1. The molecule has 31 heavy (non-hydrogen) atoms. The number of methoxy groups -OCH3 is 1. The number of nitrogens with zero attached hydrogens (tertiary/aromatic N) is 1. The lowest BCUT2D eigenvalue weighted by molar-refractivity contribution is -0.688. The van der Waals surface area contributed by atoms with Gasteiger partial charge in [-0.05, 0) is 55.2 Å². The van der Waals surface area contributed by atoms with Crippen molar-refractivity contribution in [2.75, 3.05) is 7.11 Å². The standard InChI is InChI=1S/C25H22ClNO4/c1-15(28)22-14-27(13-16-4-3-5-20(26)8-16)7-6-17(22)9-19-10-18-11-24(31-2)23(29)12-21(18)25(19)30/h3-8,11-12,14,19H,9-10,13H2,1-2H3/p+1. The third-order valence-electron chi connectivity index (χ3n) is 5.72. The molecule has 1 aliphatic carbocycles. The van der Waals surface area contributed by atoms with Crippen LogP contribution in [0.4, 0.5) is 0 Å². The average Bonchev–Trinajstić information content (AvgIpc) is 3.03. The second-order valence-corrected chi connectivity index (χ2v) is 8.33. The number of benzene rings is 2. The number of rotatable bonds is 6. The smallest absolute Gasteiger partial charge is 0.180 e. The zero-order valence-electron chi connectivity index (χ0n) is 17.4. The Morgan fingerprint density at radius 2 is 2.06 bits per heavy atom. The summed E-state index contributed by atoms with van der Waals surface area (Å²) in [5.74, 6) is -0.0148. The van der Waals surface area contributed by atoms with Crippen molar-refractivity contribution >= 4 is 23.2 Å². The van der Waals surface area contributed by atoms with E-state index in [4.69, 9.17) is 16.3 Å². The molecule has 1 N–H and O–H groups in total. The predicted octanol–water partition coefficient (Wildman–Crippen LogP) is 4.19. The van der Waals surface area contributed by atoms with Gasteiger partial charge in [-0.3, -0.25) is 9.59 Å². The summed E-state index contributed by atoms with van der Waals surface area (Å²) < 4.78 is 7.11. The quantitative estimate of drug-likeness (QED) is 0.464. The van der Waals surface area contributed by atoms with Gasteiger partial charge in [0, 0.05) is 28.1 Å². The molecule has 5 nitrogen and oxygen atoms in total. The largest absolute Gasteiger partial charge is 0.504 e. The minimum Gasteiger partial charge on any atom is -0.504 e. The van der Waals surface area contributed by atoms with E-state index in [2.05, 4.69) is 0 Å². The number of pyridine rings is 1. The Hall–Kier alpha value is -3.18. The van der Waals surface area contributed by atoms with Crippen molar-refractivity contribution in [2.24, 2.45) is 5.92 Å². The Bertz CT molecular complexity index is 1190. The van der Waals surface area contributed by atoms with Crippen LogP contribution < -0.4 is 9.30 Å². The number of aromatic nitrogens is 1. The van der Waals surface area contributed by atoms with Gasteiger partial charge in [-0.15, -0.1) is 0 Å². The van der Waals surface area contributed by atoms with Gasteiger partial charge in [0.05, 0.1) is 12.7 Å². The molecule has 0 aliphatic heterocycles. The molecule has 1 aliphatic rings. The van der Waals surface area contributed by atoms with Crippen molar-refractivity contribution in [2.45, 2.75) is 26.3 Å². The van der Waals surface area contributed by atoms with E-state index in [1.165, 1.54) is 20.1 Å². The van der Waals surface area contributed by atoms with Gasteiger partial charge in [0.1, 0.15) is 0 Å². The fraction of sp³-hybridized carbons (Fsp3) is 0.240. The van der Waals surface area contributed by atoms with Crippen molar-refractivity contribution in [1.82, 2.24) is 0 Å². The lowest BCUT2D eigenvalue weighted by Crippen LogP contribution is -2.35. The molecular weight excluding hydrogens is 414 g/mol. The van der Waals surface area contributed by atoms with E-state index in [0.29, 0.717) is 41.3 Å². The number of phenolic OH excluding ortho intramolecular Hbond substituents is 1. The first-order chi connectivity index (χ1) is 14.9. The van der Waals surface area contributed by atoms with Crippen LogP contribution in [0.1, 0.15) is 44.3 Å². The summed E-state index contributed by atoms with van der Waals surface area (Å²) in [4.78, 5) is 25.3. The second-order valence-electron chi connectivity index (χ2n) is 7.89. The minimum absolute atomic E-state index is 0.0156. The topological polar surface area (TPSA) is 67.5 Å². The van der Waals surface area contributed by atoms with Crippen LogP contribution in [0.2, 0.25) is 5.02 Å². The number of aromatic hydroxyl groups is 1. The molecule has 0 bridgehead atoms. The second kappa shape index (κ2) is 8.52. The highest BCUT2D eigenvalue weighted by molar-refractivity contribution is 6.30. The van der Waals surface area contributed by atoms with Gasteiger partial charge in [-0.25, -0.2) is 4.57 Å². The Morgan fingerprint density at radius 1 is 1.26 bits per heavy atom. The van der Waals surface area contributed by atoms with Gasteiger partial charge >= 0.3 is 0 Å². The molecule has 0 radical (unpaired) electrons. The van der Waals surface area contributed by atoms with Gasteiger partial charge < -0.3 is 9.84 Å². The van der Waals surface area contributed by atoms with Crippen LogP contribution in [0.5, 0.6) is 11.5 Å². The first-order valence-electron chi connectivity index (χ1n) is 10.1. The molecule has 4 rings (SSSR count). The number of carbonyl (C=O) groups is 2. The van der Waals surface area contributed by atoms with E-state index < -0.39 is 0 Å². The lowest BCUT2D eigenvalue weighted by atomic mass is 9.92. The number of carbonyl (C=O) groups excluding carboxylic acids is 2. The van der Waals surface area contributed by atoms with E-state index >= 15 is 0 Å². The summed E-state index contributed by atoms with van der Waals surface area (Å²) in [6, 6.07) is 12.7. The molecular formula is C25H23ClNO4+. The SMILES string of the molecule is COc1cc2c(cc1O)C(=O)C(Cc1cc[n+](Cc3cccc(Cl)c3)cc1C(C)=O)C2. The number of ether oxygens (including phenoxy) is 1. The van der Waals surface area contributed by atoms with Crippen LogP contribution in [-0.2, 0) is 19.4 Å². The van der Waals surface area contributed by atoms with E-state index in [-0.39, 0.29) is 23.2 Å². The Kier molecular flexibility index (Phi) is 5.79. The van der Waals surface area contributed by atoms with Crippen molar-refractivity contribution in [3.05, 3.63) is 87.7 Å². The van der Waals surface area contributed by atoms with Crippen molar-refractivity contribution < 1.29 is 24.0 Å². The molecule has 2 aromatic carbocycles. The van der Waals surface area contributed by atoms with E-state index in [9.17, 15) is 14.7 Å². The highest BCUT2D eigenvalue weighted by Gasteiger charge is 2.33. The maximum atomic E-state index is 12.9. The molecule has 1 heterocycles. The van der Waals surface area contributed by atoms with Crippen molar-refractivity contribution in [3.63, 3.8) is 0 Å². The Morgan fingerprint density at radius 3 is 2.77 bits per heavy atom. The number of hydrogen-bond acceptors (Lipinski definition) is 4. The monoisotopic (exact) mass is 436 g/mol. The summed E-state index contributed by atoms with van der Waals surface area (Å²) in [6.07, 6.45) is 4.77. The van der Waals surface area contributed by atoms with Gasteiger partial charge in [-0.2, -0.15) is 0 Å². The van der Waals surface area contributed by atoms with Crippen molar-refractivity contribution in [3.8, 4) is 11.5 Å². The van der Waals surface area contributed by atoms with Crippen LogP contribution >= 0.6 is 11.6 Å². The van der Waals surface area contributed by atoms with Gasteiger partial charge in [-0.1, -0.05) is 23.7 Å². The number of halogens is 1. The molecule has 1 aromatic heterocycles. The molecule has 0 saturated carbocycles. The maximum absolute atomic E-state index is 12.9. The normalized spacial score (nSPS) is 15.1. The highest BCUT2D eigenvalue weighted by atomic mass is 35.5. The molecule has 0 amide bonds. The van der Waals surface area contributed by atoms with Crippen LogP contribution in [0, 0.1) is 5.92 Å². The number of Topliss-reactive ketones (excluding diaryl/α,β-unsaturated/α-hetero) is 2. The van der Waals surface area contributed by atoms with Gasteiger partial charge in [0.25, 0.3) is 0 Å². The predicted molar refractivity (Wildman–Crippen MR) is 117 cm³/mol. The van der Waals surface area contributed by atoms with Gasteiger partial charge in [0.2, 0.25) is 0 Å². The number of phenols is 1. The molecule has 1 atom stereocenters. The maximum Gasteiger partial charge on any atom is 0.180 e. The van der Waals surface area contributed by atoms with Crippen LogP contribution in [-0.4, -0.2) is 23.8 Å². The Balaban J connectivity index is 1.58. The molecule has 0 spiro atoms. The summed E-state index contributed by atoms with van der Waals surface area (Å²) in [7, 11) is 1.48. The fourth-order valence-corrected chi connectivity index (χ4v) is 4.40. The first-order valence-corrected chi connectivity index (χ1v) is 10.4. The van der Waals surface area contributed by atoms with Crippen molar-refractivity contribution in [1.29, 1.82) is 0 Å². The lowest BCUT2D eigenvalue weighted by Gasteiger charge is -2.11. The third kappa shape index (κ3) is 4.32. The molecule has 0 fully saturated rings. The van der Waals surface area contributed by atoms with Crippen LogP contribution in [0.15, 0.2) is 54.9 Å². The highest BCUT2D eigenvalue weighted by Crippen LogP contribution is 2.37. The first kappa shape index (κ1) is 21.1. The van der Waals surface area contributed by atoms with Crippen LogP contribution in [0.3, 0.4) is 0 Å². The zero-order valence-corrected chi connectivity index (χ0v) is 18.1. The molecule has 158 valence electrons. The summed E-state index contributed by atoms with van der Waals surface area (Å²) in [6.45, 7) is 2.13. The van der Waals surface area contributed by atoms with E-state index in [1.807, 2.05) is 47.3 Å². The number of ketones is 2. The minimum atomic E-state index is -0.275. The average molecular weight is 437 g/mol. The third-order valence-corrected chi connectivity index (χ3v) is 5.95. The summed E-state index contributed by atoms with van der Waals surface area (Å²) in [5, 5.41) is 10.7. The zero-order chi connectivity index (χ0) is 22.1. The fourth-order valence-electron chi connectivity index (χ4n) is 4.19. The Labute approximate surface area is 185 Å². The summed E-state index contributed by atoms with van der Waals surface area (Å²) in [5.41, 5.74) is 3.88. The molecule has 3 aromatic rings.